The van der Waals surface area contributed by atoms with Gasteiger partial charge in [-0.25, -0.2) is 12.8 Å². The average molecular weight is 686 g/mol. The van der Waals surface area contributed by atoms with Crippen LogP contribution in [0.2, 0.25) is 0 Å². The molecule has 4 aromatic carbocycles. The SMILES string of the molecule is CCOc1ccc(S(=O)(=O)N(CC(=O)N(Cc2ccc(C)cc2)[C@H](Cc2ccccc2)C(=O)NC2CCCCC2)c2ccc(F)cc2)cc1. The minimum atomic E-state index is -4.33. The molecule has 0 heterocycles. The van der Waals surface area contributed by atoms with E-state index in [1.807, 2.05) is 68.4 Å². The summed E-state index contributed by atoms with van der Waals surface area (Å²) < 4.78 is 49.0. The lowest BCUT2D eigenvalue weighted by Gasteiger charge is -2.35. The van der Waals surface area contributed by atoms with Gasteiger partial charge in [0.05, 0.1) is 17.2 Å². The van der Waals surface area contributed by atoms with Crippen LogP contribution in [0.5, 0.6) is 5.75 Å². The molecule has 1 fully saturated rings. The van der Waals surface area contributed by atoms with Gasteiger partial charge < -0.3 is 15.0 Å². The molecule has 0 aliphatic heterocycles. The van der Waals surface area contributed by atoms with Crippen molar-refractivity contribution in [2.75, 3.05) is 17.5 Å². The van der Waals surface area contributed by atoms with Crippen LogP contribution in [0.4, 0.5) is 10.1 Å². The normalized spacial score (nSPS) is 14.1. The van der Waals surface area contributed by atoms with Crippen molar-refractivity contribution in [3.63, 3.8) is 0 Å². The molecule has 0 spiro atoms. The number of hydrogen-bond donors (Lipinski definition) is 1. The lowest BCUT2D eigenvalue weighted by atomic mass is 9.94. The van der Waals surface area contributed by atoms with Gasteiger partial charge in [0.1, 0.15) is 24.2 Å². The lowest BCUT2D eigenvalue weighted by molar-refractivity contribution is -0.140. The molecular formula is C39H44FN3O5S. The third-order valence-electron chi connectivity index (χ3n) is 8.81. The molecule has 258 valence electrons. The Balaban J connectivity index is 1.55. The van der Waals surface area contributed by atoms with Crippen LogP contribution in [0.15, 0.2) is 108 Å². The number of nitrogens with zero attached hydrogens (tertiary/aromatic N) is 2. The van der Waals surface area contributed by atoms with E-state index in [1.165, 1.54) is 29.2 Å². The molecule has 5 rings (SSSR count). The molecule has 1 aliphatic rings. The van der Waals surface area contributed by atoms with Crippen molar-refractivity contribution in [2.45, 2.75) is 75.9 Å². The van der Waals surface area contributed by atoms with Crippen molar-refractivity contribution in [3.05, 3.63) is 126 Å². The molecule has 1 N–H and O–H groups in total. The van der Waals surface area contributed by atoms with E-state index in [9.17, 15) is 22.4 Å². The van der Waals surface area contributed by atoms with Gasteiger partial charge in [-0.15, -0.1) is 0 Å². The first-order valence-corrected chi connectivity index (χ1v) is 18.3. The Bertz CT molecular complexity index is 1780. The Morgan fingerprint density at radius 3 is 2.14 bits per heavy atom. The standard InChI is InChI=1S/C39H44FN3O5S/c1-3-48-35-22-24-36(25-23-35)49(46,47)43(34-20-18-32(40)19-21-34)28-38(44)42(27-31-16-14-29(2)15-17-31)37(26-30-10-6-4-7-11-30)39(45)41-33-12-8-5-9-13-33/h4,6-7,10-11,14-25,33,37H,3,5,8-9,12-13,26-28H2,1-2H3,(H,41,45)/t37-/m1/s1. The van der Waals surface area contributed by atoms with Crippen molar-refractivity contribution in [3.8, 4) is 5.75 Å². The van der Waals surface area contributed by atoms with Gasteiger partial charge in [0.15, 0.2) is 0 Å². The number of amides is 2. The predicted octanol–water partition coefficient (Wildman–Crippen LogP) is 6.82. The first-order valence-electron chi connectivity index (χ1n) is 16.8. The molecule has 4 aromatic rings. The first kappa shape index (κ1) is 35.6. The Kier molecular flexibility index (Phi) is 12.1. The molecule has 1 aliphatic carbocycles. The van der Waals surface area contributed by atoms with E-state index in [2.05, 4.69) is 5.32 Å². The maximum Gasteiger partial charge on any atom is 0.264 e. The van der Waals surface area contributed by atoms with E-state index >= 15 is 0 Å². The second-order valence-electron chi connectivity index (χ2n) is 12.4. The van der Waals surface area contributed by atoms with Crippen molar-refractivity contribution in [1.29, 1.82) is 0 Å². The largest absolute Gasteiger partial charge is 0.494 e. The summed E-state index contributed by atoms with van der Waals surface area (Å²) in [5, 5.41) is 3.21. The predicted molar refractivity (Wildman–Crippen MR) is 189 cm³/mol. The molecule has 10 heteroatoms. The third-order valence-corrected chi connectivity index (χ3v) is 10.6. The van der Waals surface area contributed by atoms with Crippen molar-refractivity contribution in [2.24, 2.45) is 0 Å². The Labute approximate surface area is 289 Å². The Morgan fingerprint density at radius 1 is 0.857 bits per heavy atom. The van der Waals surface area contributed by atoms with Crippen LogP contribution in [0, 0.1) is 12.7 Å². The minimum absolute atomic E-state index is 0.00611. The van der Waals surface area contributed by atoms with E-state index in [-0.39, 0.29) is 35.5 Å². The number of aryl methyl sites for hydroxylation is 1. The number of carbonyl (C=O) groups is 2. The highest BCUT2D eigenvalue weighted by molar-refractivity contribution is 7.92. The number of sulfonamides is 1. The number of ether oxygens (including phenoxy) is 1. The van der Waals surface area contributed by atoms with Gasteiger partial charge in [0.25, 0.3) is 10.0 Å². The smallest absolute Gasteiger partial charge is 0.264 e. The van der Waals surface area contributed by atoms with Gasteiger partial charge in [0.2, 0.25) is 11.8 Å². The summed E-state index contributed by atoms with van der Waals surface area (Å²) in [6, 6.07) is 27.2. The summed E-state index contributed by atoms with van der Waals surface area (Å²) in [6.07, 6.45) is 5.15. The number of hydrogen-bond acceptors (Lipinski definition) is 5. The number of anilines is 1. The lowest BCUT2D eigenvalue weighted by Crippen LogP contribution is -2.55. The molecule has 1 saturated carbocycles. The summed E-state index contributed by atoms with van der Waals surface area (Å²) in [5.41, 5.74) is 2.82. The molecule has 49 heavy (non-hydrogen) atoms. The number of benzene rings is 4. The Morgan fingerprint density at radius 2 is 1.51 bits per heavy atom. The minimum Gasteiger partial charge on any atom is -0.494 e. The van der Waals surface area contributed by atoms with Crippen molar-refractivity contribution >= 4 is 27.5 Å². The Hall–Kier alpha value is -4.70. The van der Waals surface area contributed by atoms with Crippen LogP contribution in [0.25, 0.3) is 0 Å². The van der Waals surface area contributed by atoms with Crippen LogP contribution < -0.4 is 14.4 Å². The van der Waals surface area contributed by atoms with E-state index in [1.54, 1.807) is 12.1 Å². The van der Waals surface area contributed by atoms with Crippen molar-refractivity contribution < 1.29 is 27.1 Å². The van der Waals surface area contributed by atoms with Gasteiger partial charge in [-0.2, -0.15) is 0 Å². The van der Waals surface area contributed by atoms with Gasteiger partial charge in [-0.3, -0.25) is 13.9 Å². The summed E-state index contributed by atoms with van der Waals surface area (Å²) >= 11 is 0. The van der Waals surface area contributed by atoms with Crippen LogP contribution in [-0.4, -0.2) is 50.4 Å². The second kappa shape index (κ2) is 16.6. The van der Waals surface area contributed by atoms with Crippen molar-refractivity contribution in [1.82, 2.24) is 10.2 Å². The second-order valence-corrected chi connectivity index (χ2v) is 14.3. The maximum atomic E-state index is 14.7. The molecular weight excluding hydrogens is 642 g/mol. The number of halogens is 1. The first-order chi connectivity index (χ1) is 23.6. The zero-order chi connectivity index (χ0) is 34.8. The van der Waals surface area contributed by atoms with Gasteiger partial charge in [0, 0.05) is 19.0 Å². The number of nitrogens with one attached hydrogen (secondary N) is 1. The van der Waals surface area contributed by atoms with Crippen LogP contribution in [-0.2, 0) is 32.6 Å². The quantitative estimate of drug-likeness (QED) is 0.157. The molecule has 0 radical (unpaired) electrons. The van der Waals surface area contributed by atoms with Crippen LogP contribution >= 0.6 is 0 Å². The van der Waals surface area contributed by atoms with Crippen LogP contribution in [0.3, 0.4) is 0 Å². The summed E-state index contributed by atoms with van der Waals surface area (Å²) in [6.45, 7) is 3.67. The average Bonchev–Trinajstić information content (AvgIpc) is 3.11. The monoisotopic (exact) mass is 685 g/mol. The number of rotatable bonds is 14. The summed E-state index contributed by atoms with van der Waals surface area (Å²) in [4.78, 5) is 30.3. The van der Waals surface area contributed by atoms with Gasteiger partial charge >= 0.3 is 0 Å². The zero-order valence-electron chi connectivity index (χ0n) is 28.1. The molecule has 0 aromatic heterocycles. The molecule has 8 nitrogen and oxygen atoms in total. The van der Waals surface area contributed by atoms with E-state index < -0.39 is 34.3 Å². The fourth-order valence-electron chi connectivity index (χ4n) is 6.13. The maximum absolute atomic E-state index is 14.7. The van der Waals surface area contributed by atoms with E-state index in [0.29, 0.717) is 12.4 Å². The fourth-order valence-corrected chi connectivity index (χ4v) is 7.54. The van der Waals surface area contributed by atoms with Crippen LogP contribution in [0.1, 0.15) is 55.7 Å². The van der Waals surface area contributed by atoms with Gasteiger partial charge in [-0.1, -0.05) is 79.4 Å². The third kappa shape index (κ3) is 9.47. The summed E-state index contributed by atoms with van der Waals surface area (Å²) in [5.74, 6) is -0.891. The summed E-state index contributed by atoms with van der Waals surface area (Å²) in [7, 11) is -4.33. The highest BCUT2D eigenvalue weighted by Gasteiger charge is 2.35. The van der Waals surface area contributed by atoms with Gasteiger partial charge in [-0.05, 0) is 86.3 Å². The molecule has 0 bridgehead atoms. The van der Waals surface area contributed by atoms with E-state index in [4.69, 9.17) is 4.74 Å². The molecule has 0 saturated heterocycles. The molecule has 0 unspecified atom stereocenters. The van der Waals surface area contributed by atoms with E-state index in [0.717, 1.165) is 65.2 Å². The highest BCUT2D eigenvalue weighted by Crippen LogP contribution is 2.27. The number of carbonyl (C=O) groups excluding carboxylic acids is 2. The highest BCUT2D eigenvalue weighted by atomic mass is 32.2. The zero-order valence-corrected chi connectivity index (χ0v) is 28.9. The molecule has 2 amide bonds. The fraction of sp³-hybridized carbons (Fsp3) is 0.333. The molecule has 1 atom stereocenters. The topological polar surface area (TPSA) is 96.0 Å².